The average Bonchev–Trinajstić information content (AvgIpc) is 2.38. The van der Waals surface area contributed by atoms with Gasteiger partial charge < -0.3 is 10.5 Å². The molecule has 0 bridgehead atoms. The van der Waals surface area contributed by atoms with Gasteiger partial charge in [0.15, 0.2) is 0 Å². The third-order valence-corrected chi connectivity index (χ3v) is 3.05. The van der Waals surface area contributed by atoms with Crippen molar-refractivity contribution in [1.82, 2.24) is 0 Å². The van der Waals surface area contributed by atoms with Crippen LogP contribution in [0, 0.1) is 0 Å². The van der Waals surface area contributed by atoms with E-state index in [4.69, 9.17) is 10.5 Å². The van der Waals surface area contributed by atoms with Gasteiger partial charge in [0, 0.05) is 6.42 Å². The lowest BCUT2D eigenvalue weighted by Crippen LogP contribution is -2.04. The molecule has 0 radical (unpaired) electrons. The van der Waals surface area contributed by atoms with Gasteiger partial charge in [-0.25, -0.2) is 0 Å². The topological polar surface area (TPSA) is 52.3 Å². The van der Waals surface area contributed by atoms with Crippen LogP contribution in [0.2, 0.25) is 0 Å². The van der Waals surface area contributed by atoms with Crippen molar-refractivity contribution >= 4 is 5.97 Å². The van der Waals surface area contributed by atoms with E-state index in [-0.39, 0.29) is 5.97 Å². The maximum atomic E-state index is 11.2. The minimum absolute atomic E-state index is 0.0290. The van der Waals surface area contributed by atoms with Gasteiger partial charge in [-0.15, -0.1) is 0 Å². The van der Waals surface area contributed by atoms with Crippen LogP contribution in [0.25, 0.3) is 0 Å². The monoisotopic (exact) mass is 257 g/mol. The van der Waals surface area contributed by atoms with Gasteiger partial charge in [-0.2, -0.15) is 0 Å². The molecule has 0 rings (SSSR count). The maximum absolute atomic E-state index is 11.2. The summed E-state index contributed by atoms with van der Waals surface area (Å²) in [7, 11) is 0. The minimum Gasteiger partial charge on any atom is -0.466 e. The second kappa shape index (κ2) is 14.5. The zero-order valence-corrected chi connectivity index (χ0v) is 12.1. The number of hydrogen-bond donors (Lipinski definition) is 1. The Morgan fingerprint density at radius 1 is 0.889 bits per heavy atom. The summed E-state index contributed by atoms with van der Waals surface area (Å²) in [4.78, 5) is 11.2. The Hall–Kier alpha value is -0.570. The zero-order chi connectivity index (χ0) is 13.5. The van der Waals surface area contributed by atoms with Crippen LogP contribution >= 0.6 is 0 Å². The van der Waals surface area contributed by atoms with Gasteiger partial charge in [0.05, 0.1) is 6.61 Å². The van der Waals surface area contributed by atoms with E-state index in [0.717, 1.165) is 25.8 Å². The Morgan fingerprint density at radius 2 is 1.39 bits per heavy atom. The number of ether oxygens (including phenoxy) is 1. The van der Waals surface area contributed by atoms with Crippen molar-refractivity contribution in [2.45, 2.75) is 77.6 Å². The Bertz CT molecular complexity index is 183. The van der Waals surface area contributed by atoms with E-state index in [1.165, 1.54) is 44.9 Å². The first-order valence-corrected chi connectivity index (χ1v) is 7.67. The molecule has 0 atom stereocenters. The molecule has 0 amide bonds. The number of carbonyl (C=O) groups is 1. The fraction of sp³-hybridized carbons (Fsp3) is 0.933. The summed E-state index contributed by atoms with van der Waals surface area (Å²) in [6, 6.07) is 0. The molecule has 0 aliphatic heterocycles. The molecule has 3 nitrogen and oxygen atoms in total. The molecule has 0 saturated carbocycles. The lowest BCUT2D eigenvalue weighted by Gasteiger charge is -2.03. The van der Waals surface area contributed by atoms with Crippen LogP contribution in [0.5, 0.6) is 0 Å². The lowest BCUT2D eigenvalue weighted by atomic mass is 10.1. The van der Waals surface area contributed by atoms with E-state index in [9.17, 15) is 4.79 Å². The molecular weight excluding hydrogens is 226 g/mol. The van der Waals surface area contributed by atoms with E-state index < -0.39 is 0 Å². The van der Waals surface area contributed by atoms with Crippen LogP contribution in [0.1, 0.15) is 77.6 Å². The lowest BCUT2D eigenvalue weighted by molar-refractivity contribution is -0.143. The molecule has 0 aliphatic carbocycles. The van der Waals surface area contributed by atoms with Gasteiger partial charge in [0.25, 0.3) is 0 Å². The SMILES string of the molecule is CCCOC(=O)CCCCCCCCCCCN. The Kier molecular flexibility index (Phi) is 14.0. The summed E-state index contributed by atoms with van der Waals surface area (Å²) in [5, 5.41) is 0. The third kappa shape index (κ3) is 13.5. The highest BCUT2D eigenvalue weighted by Crippen LogP contribution is 2.10. The van der Waals surface area contributed by atoms with Crippen molar-refractivity contribution in [1.29, 1.82) is 0 Å². The number of rotatable bonds is 13. The summed E-state index contributed by atoms with van der Waals surface area (Å²) < 4.78 is 5.02. The predicted octanol–water partition coefficient (Wildman–Crippen LogP) is 3.80. The summed E-state index contributed by atoms with van der Waals surface area (Å²) in [5.74, 6) is -0.0290. The molecule has 0 aliphatic rings. The van der Waals surface area contributed by atoms with Crippen molar-refractivity contribution in [2.75, 3.05) is 13.2 Å². The number of carbonyl (C=O) groups excluding carboxylic acids is 1. The molecular formula is C15H31NO2. The Balaban J connectivity index is 3.04. The van der Waals surface area contributed by atoms with Crippen molar-refractivity contribution in [3.8, 4) is 0 Å². The van der Waals surface area contributed by atoms with Crippen molar-refractivity contribution in [3.05, 3.63) is 0 Å². The summed E-state index contributed by atoms with van der Waals surface area (Å²) in [6.07, 6.45) is 12.6. The first kappa shape index (κ1) is 17.4. The summed E-state index contributed by atoms with van der Waals surface area (Å²) >= 11 is 0. The van der Waals surface area contributed by atoms with Crippen molar-refractivity contribution < 1.29 is 9.53 Å². The molecule has 0 heterocycles. The van der Waals surface area contributed by atoms with Crippen LogP contribution < -0.4 is 5.73 Å². The molecule has 0 spiro atoms. The number of nitrogens with two attached hydrogens (primary N) is 1. The molecule has 2 N–H and O–H groups in total. The fourth-order valence-corrected chi connectivity index (χ4v) is 1.94. The molecule has 0 unspecified atom stereocenters. The van der Waals surface area contributed by atoms with Gasteiger partial charge in [-0.1, -0.05) is 51.9 Å². The van der Waals surface area contributed by atoms with Gasteiger partial charge in [-0.3, -0.25) is 4.79 Å². The van der Waals surface area contributed by atoms with E-state index in [0.29, 0.717) is 13.0 Å². The van der Waals surface area contributed by atoms with Gasteiger partial charge in [0.2, 0.25) is 0 Å². The first-order valence-electron chi connectivity index (χ1n) is 7.67. The highest BCUT2D eigenvalue weighted by atomic mass is 16.5. The standard InChI is InChI=1S/C15H31NO2/c1-2-14-18-15(17)12-10-8-6-4-3-5-7-9-11-13-16/h2-14,16H2,1H3. The first-order chi connectivity index (χ1) is 8.81. The average molecular weight is 257 g/mol. The smallest absolute Gasteiger partial charge is 0.305 e. The van der Waals surface area contributed by atoms with Crippen LogP contribution in [0.3, 0.4) is 0 Å². The van der Waals surface area contributed by atoms with E-state index in [1.807, 2.05) is 6.92 Å². The Morgan fingerprint density at radius 3 is 1.89 bits per heavy atom. The fourth-order valence-electron chi connectivity index (χ4n) is 1.94. The van der Waals surface area contributed by atoms with E-state index in [2.05, 4.69) is 0 Å². The molecule has 0 fully saturated rings. The number of unbranched alkanes of at least 4 members (excludes halogenated alkanes) is 8. The quantitative estimate of drug-likeness (QED) is 0.403. The third-order valence-electron chi connectivity index (χ3n) is 3.05. The van der Waals surface area contributed by atoms with Crippen LogP contribution in [0.4, 0.5) is 0 Å². The number of esters is 1. The molecule has 108 valence electrons. The number of hydrogen-bond acceptors (Lipinski definition) is 3. The summed E-state index contributed by atoms with van der Waals surface area (Å²) in [6.45, 7) is 3.41. The van der Waals surface area contributed by atoms with Crippen molar-refractivity contribution in [2.24, 2.45) is 5.73 Å². The van der Waals surface area contributed by atoms with E-state index >= 15 is 0 Å². The molecule has 0 aromatic rings. The molecule has 18 heavy (non-hydrogen) atoms. The van der Waals surface area contributed by atoms with Gasteiger partial charge in [-0.05, 0) is 25.8 Å². The van der Waals surface area contributed by atoms with Crippen molar-refractivity contribution in [3.63, 3.8) is 0 Å². The normalized spacial score (nSPS) is 10.6. The predicted molar refractivity (Wildman–Crippen MR) is 76.5 cm³/mol. The summed E-state index contributed by atoms with van der Waals surface area (Å²) in [5.41, 5.74) is 5.44. The molecule has 0 aromatic carbocycles. The Labute approximate surface area is 112 Å². The van der Waals surface area contributed by atoms with Crippen LogP contribution in [0.15, 0.2) is 0 Å². The zero-order valence-electron chi connectivity index (χ0n) is 12.1. The minimum atomic E-state index is -0.0290. The van der Waals surface area contributed by atoms with Gasteiger partial charge in [0.1, 0.15) is 0 Å². The molecule has 3 heteroatoms. The molecule has 0 aromatic heterocycles. The maximum Gasteiger partial charge on any atom is 0.305 e. The van der Waals surface area contributed by atoms with E-state index in [1.54, 1.807) is 0 Å². The second-order valence-corrected chi connectivity index (χ2v) is 4.94. The van der Waals surface area contributed by atoms with Gasteiger partial charge >= 0.3 is 5.97 Å². The second-order valence-electron chi connectivity index (χ2n) is 4.94. The van der Waals surface area contributed by atoms with Crippen LogP contribution in [-0.2, 0) is 9.53 Å². The largest absolute Gasteiger partial charge is 0.466 e. The molecule has 0 saturated heterocycles. The van der Waals surface area contributed by atoms with Crippen LogP contribution in [-0.4, -0.2) is 19.1 Å². The highest BCUT2D eigenvalue weighted by Gasteiger charge is 2.01. The highest BCUT2D eigenvalue weighted by molar-refractivity contribution is 5.69.